The zero-order valence-corrected chi connectivity index (χ0v) is 12.5. The summed E-state index contributed by atoms with van der Waals surface area (Å²) in [6.07, 6.45) is 0. The molecule has 2 atom stereocenters. The summed E-state index contributed by atoms with van der Waals surface area (Å²) in [6.45, 7) is 0. The highest BCUT2D eigenvalue weighted by Crippen LogP contribution is 2.42. The summed E-state index contributed by atoms with van der Waals surface area (Å²) in [5, 5.41) is 0.311. The van der Waals surface area contributed by atoms with Gasteiger partial charge in [-0.3, -0.25) is 9.89 Å². The van der Waals surface area contributed by atoms with Crippen molar-refractivity contribution in [3.63, 3.8) is 0 Å². The van der Waals surface area contributed by atoms with E-state index < -0.39 is 0 Å². The van der Waals surface area contributed by atoms with Crippen molar-refractivity contribution < 1.29 is 0 Å². The molecule has 102 valence electrons. The van der Waals surface area contributed by atoms with Crippen molar-refractivity contribution in [2.45, 2.75) is 10.7 Å². The third kappa shape index (κ3) is 2.65. The third-order valence-corrected chi connectivity index (χ3v) is 4.91. The van der Waals surface area contributed by atoms with Gasteiger partial charge in [0.1, 0.15) is 5.50 Å². The van der Waals surface area contributed by atoms with Gasteiger partial charge in [0.25, 0.3) is 0 Å². The second kappa shape index (κ2) is 5.81. The van der Waals surface area contributed by atoms with Crippen LogP contribution in [0, 0.1) is 0 Å². The van der Waals surface area contributed by atoms with Crippen molar-refractivity contribution in [1.82, 2.24) is 4.90 Å². The number of nitrogens with zero attached hydrogens (tertiary/aromatic N) is 2. The summed E-state index contributed by atoms with van der Waals surface area (Å²) in [5.41, 5.74) is 3.92. The lowest BCUT2D eigenvalue weighted by molar-refractivity contribution is 0.395. The third-order valence-electron chi connectivity index (χ3n) is 3.37. The minimum Gasteiger partial charge on any atom is -0.280 e. The topological polar surface area (TPSA) is 15.6 Å². The van der Waals surface area contributed by atoms with E-state index in [1.54, 1.807) is 0 Å². The maximum atomic E-state index is 4.92. The molecule has 0 aliphatic carbocycles. The van der Waals surface area contributed by atoms with Crippen LogP contribution < -0.4 is 0 Å². The molecule has 3 rings (SSSR count). The van der Waals surface area contributed by atoms with Gasteiger partial charge in [0, 0.05) is 0 Å². The molecule has 0 saturated carbocycles. The Morgan fingerprint density at radius 1 is 0.900 bits per heavy atom. The Bertz CT molecular complexity index is 593. The molecule has 1 heterocycles. The largest absolute Gasteiger partial charge is 0.280 e. The van der Waals surface area contributed by atoms with Gasteiger partial charge >= 0.3 is 0 Å². The van der Waals surface area contributed by atoms with Crippen LogP contribution in [-0.4, -0.2) is 30.2 Å². The summed E-state index contributed by atoms with van der Waals surface area (Å²) >= 11 is 1.90. The molecule has 0 aromatic heterocycles. The van der Waals surface area contributed by atoms with Gasteiger partial charge < -0.3 is 0 Å². The van der Waals surface area contributed by atoms with Gasteiger partial charge in [-0.25, -0.2) is 0 Å². The minimum atomic E-state index is 0.190. The molecule has 0 radical (unpaired) electrons. The fourth-order valence-electron chi connectivity index (χ4n) is 2.34. The molecule has 20 heavy (non-hydrogen) atoms. The van der Waals surface area contributed by atoms with Crippen molar-refractivity contribution in [3.05, 3.63) is 71.8 Å². The number of aliphatic imine (C=N–C) groups is 1. The van der Waals surface area contributed by atoms with Gasteiger partial charge in [-0.1, -0.05) is 60.7 Å². The van der Waals surface area contributed by atoms with Crippen LogP contribution in [-0.2, 0) is 0 Å². The predicted molar refractivity (Wildman–Crippen MR) is 87.2 cm³/mol. The molecule has 1 aliphatic heterocycles. The van der Waals surface area contributed by atoms with Gasteiger partial charge in [-0.2, -0.15) is 0 Å². The average Bonchev–Trinajstić information content (AvgIpc) is 2.94. The van der Waals surface area contributed by atoms with Crippen LogP contribution in [0.15, 0.2) is 65.7 Å². The summed E-state index contributed by atoms with van der Waals surface area (Å²) < 4.78 is 0. The first-order chi connectivity index (χ1) is 9.75. The summed E-state index contributed by atoms with van der Waals surface area (Å²) in [7, 11) is 4.16. The zero-order chi connectivity index (χ0) is 13.9. The van der Waals surface area contributed by atoms with E-state index in [0.29, 0.717) is 5.25 Å². The molecule has 2 aromatic rings. The van der Waals surface area contributed by atoms with Gasteiger partial charge in [0.2, 0.25) is 0 Å². The molecule has 0 saturated heterocycles. The Hall–Kier alpha value is -1.58. The lowest BCUT2D eigenvalue weighted by Crippen LogP contribution is -2.20. The molecular weight excluding hydrogens is 264 g/mol. The Morgan fingerprint density at radius 2 is 1.50 bits per heavy atom. The van der Waals surface area contributed by atoms with Gasteiger partial charge in [0.15, 0.2) is 0 Å². The Morgan fingerprint density at radius 3 is 2.10 bits per heavy atom. The van der Waals surface area contributed by atoms with Gasteiger partial charge in [-0.05, 0) is 25.2 Å². The molecule has 0 bridgehead atoms. The van der Waals surface area contributed by atoms with Crippen LogP contribution >= 0.6 is 11.8 Å². The molecule has 0 unspecified atom stereocenters. The summed E-state index contributed by atoms with van der Waals surface area (Å²) in [5.74, 6) is 0. The van der Waals surface area contributed by atoms with Crippen LogP contribution in [0.1, 0.15) is 16.4 Å². The highest BCUT2D eigenvalue weighted by molar-refractivity contribution is 8.01. The lowest BCUT2D eigenvalue weighted by Gasteiger charge is -2.17. The minimum absolute atomic E-state index is 0.190. The van der Waals surface area contributed by atoms with Crippen LogP contribution in [0.5, 0.6) is 0 Å². The summed E-state index contributed by atoms with van der Waals surface area (Å²) in [6, 6.07) is 21.1. The second-order valence-corrected chi connectivity index (χ2v) is 6.26. The quantitative estimate of drug-likeness (QED) is 0.850. The maximum Gasteiger partial charge on any atom is 0.150 e. The van der Waals surface area contributed by atoms with Crippen molar-refractivity contribution in [2.75, 3.05) is 14.1 Å². The van der Waals surface area contributed by atoms with E-state index >= 15 is 0 Å². The smallest absolute Gasteiger partial charge is 0.150 e. The predicted octanol–water partition coefficient (Wildman–Crippen LogP) is 3.81. The first-order valence-corrected chi connectivity index (χ1v) is 7.70. The van der Waals surface area contributed by atoms with Crippen molar-refractivity contribution in [3.8, 4) is 0 Å². The maximum absolute atomic E-state index is 4.92. The molecule has 2 aromatic carbocycles. The first-order valence-electron chi connectivity index (χ1n) is 6.75. The normalized spacial score (nSPS) is 22.1. The number of thioether (sulfide) groups is 1. The van der Waals surface area contributed by atoms with Gasteiger partial charge in [-0.15, -0.1) is 11.8 Å². The monoisotopic (exact) mass is 282 g/mol. The van der Waals surface area contributed by atoms with E-state index in [-0.39, 0.29) is 5.50 Å². The summed E-state index contributed by atoms with van der Waals surface area (Å²) in [4.78, 5) is 7.08. The van der Waals surface area contributed by atoms with E-state index in [9.17, 15) is 0 Å². The SMILES string of the molecule is CN(C)[C@H]1N=C(c2ccccc2)[C@@H](c2ccccc2)S1. The Kier molecular flexibility index (Phi) is 3.90. The molecule has 0 fully saturated rings. The molecule has 2 nitrogen and oxygen atoms in total. The van der Waals surface area contributed by atoms with E-state index in [1.165, 1.54) is 16.8 Å². The fourth-order valence-corrected chi connectivity index (χ4v) is 3.64. The number of rotatable bonds is 3. The highest BCUT2D eigenvalue weighted by Gasteiger charge is 2.31. The van der Waals surface area contributed by atoms with Crippen molar-refractivity contribution >= 4 is 17.5 Å². The molecule has 0 N–H and O–H groups in total. The standard InChI is InChI=1S/C17H18N2S/c1-19(2)17-18-15(13-9-5-3-6-10-13)16(20-17)14-11-7-4-8-12-14/h3-12,16-17H,1-2H3/t16-,17-/m1/s1. The van der Waals surface area contributed by atoms with Gasteiger partial charge in [0.05, 0.1) is 11.0 Å². The highest BCUT2D eigenvalue weighted by atomic mass is 32.2. The van der Waals surface area contributed by atoms with Crippen LogP contribution in [0.2, 0.25) is 0 Å². The first kappa shape index (κ1) is 13.4. The number of hydrogen-bond acceptors (Lipinski definition) is 3. The molecule has 0 amide bonds. The van der Waals surface area contributed by atoms with Crippen LogP contribution in [0.4, 0.5) is 0 Å². The Balaban J connectivity index is 2.00. The van der Waals surface area contributed by atoms with E-state index in [1.807, 2.05) is 17.8 Å². The second-order valence-electron chi connectivity index (χ2n) is 5.10. The lowest BCUT2D eigenvalue weighted by atomic mass is 10.0. The van der Waals surface area contributed by atoms with Crippen molar-refractivity contribution in [2.24, 2.45) is 4.99 Å². The number of hydrogen-bond donors (Lipinski definition) is 0. The van der Waals surface area contributed by atoms with E-state index in [0.717, 1.165) is 0 Å². The van der Waals surface area contributed by atoms with Crippen LogP contribution in [0.3, 0.4) is 0 Å². The number of benzene rings is 2. The molecular formula is C17H18N2S. The molecule has 3 heteroatoms. The van der Waals surface area contributed by atoms with Crippen LogP contribution in [0.25, 0.3) is 0 Å². The molecule has 0 spiro atoms. The van der Waals surface area contributed by atoms with E-state index in [2.05, 4.69) is 73.6 Å². The van der Waals surface area contributed by atoms with E-state index in [4.69, 9.17) is 4.99 Å². The fraction of sp³-hybridized carbons (Fsp3) is 0.235. The zero-order valence-electron chi connectivity index (χ0n) is 11.7. The average molecular weight is 282 g/mol. The van der Waals surface area contributed by atoms with Crippen molar-refractivity contribution in [1.29, 1.82) is 0 Å². The molecule has 1 aliphatic rings. The Labute approximate surface area is 124 Å².